The molecular weight excluding hydrogens is 540 g/mol. The molecule has 194 valence electrons. The van der Waals surface area contributed by atoms with Gasteiger partial charge in [0, 0.05) is 37.6 Å². The molecule has 1 aliphatic rings. The van der Waals surface area contributed by atoms with E-state index in [4.69, 9.17) is 11.6 Å². The van der Waals surface area contributed by atoms with Crippen LogP contribution in [0.15, 0.2) is 140 Å². The van der Waals surface area contributed by atoms with Gasteiger partial charge in [0.15, 0.2) is 14.3 Å². The molecule has 3 nitrogen and oxygen atoms in total. The van der Waals surface area contributed by atoms with Crippen molar-refractivity contribution in [1.29, 1.82) is 0 Å². The lowest BCUT2D eigenvalue weighted by molar-refractivity contribution is 0.561. The average Bonchev–Trinajstić information content (AvgIpc) is 3.01. The molecule has 0 spiro atoms. The van der Waals surface area contributed by atoms with Gasteiger partial charge in [-0.2, -0.15) is 0 Å². The van der Waals surface area contributed by atoms with Gasteiger partial charge < -0.3 is 14.4 Å². The number of anilines is 1. The Bertz CT molecular complexity index is 1590. The van der Waals surface area contributed by atoms with Gasteiger partial charge in [-0.25, -0.2) is 0 Å². The predicted octanol–water partition coefficient (Wildman–Crippen LogP) is 7.55. The van der Waals surface area contributed by atoms with Gasteiger partial charge >= 0.3 is 0 Å². The van der Waals surface area contributed by atoms with Crippen LogP contribution >= 0.6 is 25.9 Å². The summed E-state index contributed by atoms with van der Waals surface area (Å²) in [7, 11) is -6.48. The summed E-state index contributed by atoms with van der Waals surface area (Å²) in [6.45, 7) is 0. The fraction of sp³-hybridized carbons (Fsp3) is 0.0909. The van der Waals surface area contributed by atoms with E-state index in [0.717, 1.165) is 32.5 Å². The molecular formula is C33H28ClNO2P2. The summed E-state index contributed by atoms with van der Waals surface area (Å²) in [5, 5.41) is 7.32. The topological polar surface area (TPSA) is 46.2 Å². The summed E-state index contributed by atoms with van der Waals surface area (Å²) >= 11 is 6.53. The lowest BCUT2D eigenvalue weighted by atomic mass is 10.0. The Labute approximate surface area is 234 Å². The Balaban J connectivity index is 1.60. The highest BCUT2D eigenvalue weighted by Gasteiger charge is 2.47. The van der Waals surface area contributed by atoms with E-state index in [0.29, 0.717) is 11.4 Å². The predicted molar refractivity (Wildman–Crippen MR) is 166 cm³/mol. The molecule has 2 unspecified atom stereocenters. The van der Waals surface area contributed by atoms with E-state index >= 15 is 9.13 Å². The Kier molecular flexibility index (Phi) is 7.08. The first-order chi connectivity index (χ1) is 19.0. The van der Waals surface area contributed by atoms with E-state index in [1.54, 1.807) is 0 Å². The number of nitrogens with one attached hydrogen (secondary N) is 1. The van der Waals surface area contributed by atoms with E-state index in [1.165, 1.54) is 0 Å². The first kappa shape index (κ1) is 25.9. The molecule has 1 heterocycles. The molecule has 5 aromatic rings. The van der Waals surface area contributed by atoms with Crippen LogP contribution in [0.25, 0.3) is 0 Å². The zero-order chi connectivity index (χ0) is 26.9. The van der Waals surface area contributed by atoms with E-state index in [9.17, 15) is 0 Å². The highest BCUT2D eigenvalue weighted by molar-refractivity contribution is 7.80. The van der Waals surface area contributed by atoms with Crippen LogP contribution in [0.5, 0.6) is 0 Å². The molecule has 0 saturated carbocycles. The summed E-state index contributed by atoms with van der Waals surface area (Å²) in [6, 6.07) is 44.4. The van der Waals surface area contributed by atoms with E-state index < -0.39 is 25.7 Å². The van der Waals surface area contributed by atoms with Crippen molar-refractivity contribution in [3.05, 3.63) is 150 Å². The van der Waals surface area contributed by atoms with Crippen LogP contribution in [0.3, 0.4) is 0 Å². The van der Waals surface area contributed by atoms with Crippen molar-refractivity contribution < 1.29 is 9.13 Å². The second-order valence-electron chi connectivity index (χ2n) is 9.80. The minimum atomic E-state index is -3.26. The Morgan fingerprint density at radius 2 is 0.974 bits per heavy atom. The molecule has 6 heteroatoms. The van der Waals surface area contributed by atoms with Crippen LogP contribution in [0.2, 0.25) is 5.02 Å². The fourth-order valence-electron chi connectivity index (χ4n) is 5.72. The van der Waals surface area contributed by atoms with Crippen molar-refractivity contribution in [3.63, 3.8) is 0 Å². The first-order valence-electron chi connectivity index (χ1n) is 13.0. The molecule has 1 N–H and O–H groups in total. The normalized spacial score (nSPS) is 17.2. The van der Waals surface area contributed by atoms with Crippen LogP contribution in [0.4, 0.5) is 5.69 Å². The standard InChI is InChI=1S/C33H28ClNO2P2/c34-25-21-22-31-30(23-25)32(38(36,26-13-5-1-6-14-26)27-15-7-2-8-16-27)24-33(35-31)39(37,28-17-9-3-10-18-28)29-19-11-4-12-20-29/h1-23,32-33,35H,24H2. The van der Waals surface area contributed by atoms with Gasteiger partial charge in [-0.1, -0.05) is 133 Å². The number of hydrogen-bond donors (Lipinski definition) is 1. The fourth-order valence-corrected chi connectivity index (χ4v) is 12.5. The zero-order valence-corrected chi connectivity index (χ0v) is 23.8. The van der Waals surface area contributed by atoms with Crippen molar-refractivity contribution in [2.45, 2.75) is 17.9 Å². The maximum absolute atomic E-state index is 15.6. The zero-order valence-electron chi connectivity index (χ0n) is 21.2. The average molecular weight is 568 g/mol. The highest BCUT2D eigenvalue weighted by Crippen LogP contribution is 2.65. The third-order valence-corrected chi connectivity index (χ3v) is 14.7. The molecule has 0 saturated heterocycles. The molecule has 0 bridgehead atoms. The van der Waals surface area contributed by atoms with Crippen LogP contribution in [-0.2, 0) is 9.13 Å². The molecule has 0 fully saturated rings. The van der Waals surface area contributed by atoms with Gasteiger partial charge in [-0.3, -0.25) is 0 Å². The Morgan fingerprint density at radius 3 is 1.41 bits per heavy atom. The largest absolute Gasteiger partial charge is 0.375 e. The molecule has 1 aliphatic heterocycles. The number of fused-ring (bicyclic) bond motifs is 1. The molecule has 2 atom stereocenters. The number of rotatable bonds is 6. The van der Waals surface area contributed by atoms with Gasteiger partial charge in [-0.05, 0) is 30.2 Å². The van der Waals surface area contributed by atoms with E-state index in [-0.39, 0.29) is 0 Å². The summed E-state index contributed by atoms with van der Waals surface area (Å²) in [5.41, 5.74) is 1.28. The number of halogens is 1. The van der Waals surface area contributed by atoms with Gasteiger partial charge in [0.25, 0.3) is 0 Å². The van der Waals surface area contributed by atoms with Crippen molar-refractivity contribution in [1.82, 2.24) is 0 Å². The Hall–Kier alpha value is -3.35. The monoisotopic (exact) mass is 567 g/mol. The molecule has 0 radical (unpaired) electrons. The number of benzene rings is 5. The molecule has 0 aromatic heterocycles. The molecule has 5 aromatic carbocycles. The quantitative estimate of drug-likeness (QED) is 0.216. The minimum absolute atomic E-state index is 0.412. The van der Waals surface area contributed by atoms with Crippen molar-refractivity contribution in [3.8, 4) is 0 Å². The second kappa shape index (κ2) is 10.7. The first-order valence-corrected chi connectivity index (χ1v) is 16.9. The lowest BCUT2D eigenvalue weighted by Gasteiger charge is -2.41. The summed E-state index contributed by atoms with van der Waals surface area (Å²) in [6.07, 6.45) is 0.412. The van der Waals surface area contributed by atoms with Crippen LogP contribution < -0.4 is 26.5 Å². The summed E-state index contributed by atoms with van der Waals surface area (Å²) < 4.78 is 31.0. The minimum Gasteiger partial charge on any atom is -0.375 e. The van der Waals surface area contributed by atoms with Gasteiger partial charge in [-0.15, -0.1) is 0 Å². The summed E-state index contributed by atoms with van der Waals surface area (Å²) in [4.78, 5) is 0. The van der Waals surface area contributed by atoms with Crippen LogP contribution in [-0.4, -0.2) is 5.78 Å². The van der Waals surface area contributed by atoms with E-state index in [1.807, 2.05) is 140 Å². The van der Waals surface area contributed by atoms with Crippen LogP contribution in [0, 0.1) is 0 Å². The van der Waals surface area contributed by atoms with Gasteiger partial charge in [0.1, 0.15) is 0 Å². The SMILES string of the molecule is O=P(c1ccccc1)(c1ccccc1)C1CC(P(=O)(c2ccccc2)c2ccccc2)c2cc(Cl)ccc2N1. The molecule has 0 aliphatic carbocycles. The maximum Gasteiger partial charge on any atom is 0.164 e. The van der Waals surface area contributed by atoms with Crippen molar-refractivity contribution in [2.24, 2.45) is 0 Å². The van der Waals surface area contributed by atoms with Crippen molar-refractivity contribution >= 4 is 52.8 Å². The highest BCUT2D eigenvalue weighted by atomic mass is 35.5. The van der Waals surface area contributed by atoms with Crippen molar-refractivity contribution in [2.75, 3.05) is 5.32 Å². The molecule has 0 amide bonds. The third-order valence-electron chi connectivity index (χ3n) is 7.58. The van der Waals surface area contributed by atoms with Gasteiger partial charge in [0.05, 0.1) is 5.78 Å². The second-order valence-corrected chi connectivity index (χ2v) is 16.2. The number of hydrogen-bond acceptors (Lipinski definition) is 3. The molecule has 6 rings (SSSR count). The van der Waals surface area contributed by atoms with E-state index in [2.05, 4.69) is 5.32 Å². The maximum atomic E-state index is 15.6. The van der Waals surface area contributed by atoms with Crippen LogP contribution in [0.1, 0.15) is 17.6 Å². The molecule has 39 heavy (non-hydrogen) atoms. The third kappa shape index (κ3) is 4.60. The lowest BCUT2D eigenvalue weighted by Crippen LogP contribution is -2.37. The smallest absolute Gasteiger partial charge is 0.164 e. The van der Waals surface area contributed by atoms with Gasteiger partial charge in [0.2, 0.25) is 0 Å². The Morgan fingerprint density at radius 1 is 0.564 bits per heavy atom. The summed E-state index contributed by atoms with van der Waals surface area (Å²) in [5.74, 6) is -0.471.